The summed E-state index contributed by atoms with van der Waals surface area (Å²) in [5.74, 6) is 0.0953. The molecule has 2 rings (SSSR count). The molecule has 1 fully saturated rings. The molecule has 2 unspecified atom stereocenters. The number of rotatable bonds is 1. The van der Waals surface area contributed by atoms with Gasteiger partial charge in [0.05, 0.1) is 0 Å². The maximum absolute atomic E-state index is 13.1. The average Bonchev–Trinajstić information content (AvgIpc) is 2.35. The van der Waals surface area contributed by atoms with Crippen molar-refractivity contribution in [2.75, 3.05) is 6.54 Å². The van der Waals surface area contributed by atoms with Crippen molar-refractivity contribution in [2.24, 2.45) is 5.92 Å². The highest BCUT2D eigenvalue weighted by atomic mass is 32.1. The van der Waals surface area contributed by atoms with Crippen LogP contribution in [0.2, 0.25) is 0 Å². The third-order valence-electron chi connectivity index (χ3n) is 3.83. The molecule has 18 heavy (non-hydrogen) atoms. The molecular weight excluding hydrogens is 249 g/mol. The van der Waals surface area contributed by atoms with Crippen molar-refractivity contribution < 1.29 is 9.18 Å². The van der Waals surface area contributed by atoms with Crippen LogP contribution >= 0.6 is 12.6 Å². The van der Waals surface area contributed by atoms with E-state index in [1.165, 1.54) is 18.2 Å². The molecule has 1 aliphatic heterocycles. The molecule has 0 radical (unpaired) electrons. The molecule has 1 amide bonds. The van der Waals surface area contributed by atoms with Gasteiger partial charge in [0.25, 0.3) is 5.91 Å². The van der Waals surface area contributed by atoms with E-state index in [-0.39, 0.29) is 16.8 Å². The van der Waals surface area contributed by atoms with Crippen LogP contribution in [-0.4, -0.2) is 23.4 Å². The highest BCUT2D eigenvalue weighted by molar-refractivity contribution is 7.80. The Morgan fingerprint density at radius 3 is 2.83 bits per heavy atom. The number of hydrogen-bond acceptors (Lipinski definition) is 2. The molecule has 0 saturated carbocycles. The van der Waals surface area contributed by atoms with Gasteiger partial charge in [0.1, 0.15) is 5.82 Å². The van der Waals surface area contributed by atoms with Gasteiger partial charge < -0.3 is 4.90 Å². The number of carbonyl (C=O) groups is 1. The fraction of sp³-hybridized carbons (Fsp3) is 0.500. The van der Waals surface area contributed by atoms with Crippen molar-refractivity contribution in [1.82, 2.24) is 4.90 Å². The van der Waals surface area contributed by atoms with Gasteiger partial charge in [-0.1, -0.05) is 6.92 Å². The van der Waals surface area contributed by atoms with Crippen molar-refractivity contribution in [1.29, 1.82) is 0 Å². The predicted octanol–water partition coefficient (Wildman–Crippen LogP) is 3.38. The Balaban J connectivity index is 2.22. The number of benzene rings is 1. The van der Waals surface area contributed by atoms with Gasteiger partial charge in [-0.05, 0) is 43.9 Å². The monoisotopic (exact) mass is 267 g/mol. The predicted molar refractivity (Wildman–Crippen MR) is 72.5 cm³/mol. The molecule has 1 aliphatic rings. The summed E-state index contributed by atoms with van der Waals surface area (Å²) in [5.41, 5.74) is 0.516. The Hall–Kier alpha value is -1.03. The lowest BCUT2D eigenvalue weighted by Crippen LogP contribution is -2.46. The highest BCUT2D eigenvalue weighted by Gasteiger charge is 2.29. The molecule has 1 saturated heterocycles. The first-order chi connectivity index (χ1) is 8.50. The second kappa shape index (κ2) is 5.31. The molecule has 2 atom stereocenters. The van der Waals surface area contributed by atoms with Crippen molar-refractivity contribution in [3.05, 3.63) is 29.6 Å². The summed E-state index contributed by atoms with van der Waals surface area (Å²) in [5, 5.41) is 0. The van der Waals surface area contributed by atoms with Crippen LogP contribution in [-0.2, 0) is 0 Å². The highest BCUT2D eigenvalue weighted by Crippen LogP contribution is 2.25. The number of thiol groups is 1. The van der Waals surface area contributed by atoms with Crippen LogP contribution in [0, 0.1) is 11.7 Å². The van der Waals surface area contributed by atoms with Crippen LogP contribution in [0.3, 0.4) is 0 Å². The van der Waals surface area contributed by atoms with E-state index in [0.717, 1.165) is 19.4 Å². The Bertz CT molecular complexity index is 463. The minimum atomic E-state index is -0.394. The molecule has 0 bridgehead atoms. The van der Waals surface area contributed by atoms with Gasteiger partial charge in [0.15, 0.2) is 0 Å². The van der Waals surface area contributed by atoms with Gasteiger partial charge >= 0.3 is 0 Å². The smallest absolute Gasteiger partial charge is 0.254 e. The van der Waals surface area contributed by atoms with E-state index in [2.05, 4.69) is 26.5 Å². The molecule has 4 heteroatoms. The summed E-state index contributed by atoms with van der Waals surface area (Å²) in [6.07, 6.45) is 2.19. The topological polar surface area (TPSA) is 20.3 Å². The van der Waals surface area contributed by atoms with E-state index in [0.29, 0.717) is 11.5 Å². The van der Waals surface area contributed by atoms with Gasteiger partial charge in [-0.3, -0.25) is 4.79 Å². The number of nitrogens with zero attached hydrogens (tertiary/aromatic N) is 1. The van der Waals surface area contributed by atoms with Gasteiger partial charge in [0.2, 0.25) is 0 Å². The Labute approximate surface area is 113 Å². The molecule has 1 aromatic rings. The average molecular weight is 267 g/mol. The number of halogens is 1. The first-order valence-corrected chi connectivity index (χ1v) is 6.75. The lowest BCUT2D eigenvalue weighted by atomic mass is 9.91. The van der Waals surface area contributed by atoms with Crippen LogP contribution in [0.5, 0.6) is 0 Å². The zero-order valence-corrected chi connectivity index (χ0v) is 11.6. The largest absolute Gasteiger partial charge is 0.336 e. The van der Waals surface area contributed by atoms with Crippen molar-refractivity contribution in [2.45, 2.75) is 37.6 Å². The third-order valence-corrected chi connectivity index (χ3v) is 4.17. The molecule has 1 heterocycles. The van der Waals surface area contributed by atoms with E-state index in [1.807, 2.05) is 4.90 Å². The number of hydrogen-bond donors (Lipinski definition) is 1. The molecule has 1 aromatic carbocycles. The molecule has 0 N–H and O–H groups in total. The number of piperidine rings is 1. The lowest BCUT2D eigenvalue weighted by molar-refractivity contribution is 0.0550. The van der Waals surface area contributed by atoms with Crippen molar-refractivity contribution in [3.8, 4) is 0 Å². The van der Waals surface area contributed by atoms with Crippen LogP contribution in [0.25, 0.3) is 0 Å². The van der Waals surface area contributed by atoms with E-state index in [9.17, 15) is 9.18 Å². The van der Waals surface area contributed by atoms with E-state index in [1.54, 1.807) is 0 Å². The minimum Gasteiger partial charge on any atom is -0.336 e. The molecule has 0 aliphatic carbocycles. The number of amides is 1. The summed E-state index contributed by atoms with van der Waals surface area (Å²) in [7, 11) is 0. The Morgan fingerprint density at radius 2 is 2.17 bits per heavy atom. The van der Waals surface area contributed by atoms with Crippen molar-refractivity contribution in [3.63, 3.8) is 0 Å². The first kappa shape index (κ1) is 13.4. The van der Waals surface area contributed by atoms with Crippen LogP contribution < -0.4 is 0 Å². The summed E-state index contributed by atoms with van der Waals surface area (Å²) in [6, 6.07) is 4.57. The number of carbonyl (C=O) groups excluding carboxylic acids is 1. The van der Waals surface area contributed by atoms with E-state index in [4.69, 9.17) is 0 Å². The zero-order valence-electron chi connectivity index (χ0n) is 10.7. The van der Waals surface area contributed by atoms with Crippen LogP contribution in [0.4, 0.5) is 4.39 Å². The summed E-state index contributed by atoms with van der Waals surface area (Å²) in [4.78, 5) is 14.5. The molecule has 0 aromatic heterocycles. The standard InChI is InChI=1S/C14H18FNOS/c1-9-4-3-7-16(10(9)2)14(17)11-5-6-12(15)13(18)8-11/h5-6,8-10,18H,3-4,7H2,1-2H3. The van der Waals surface area contributed by atoms with E-state index >= 15 is 0 Å². The normalized spacial score (nSPS) is 24.1. The molecule has 2 nitrogen and oxygen atoms in total. The summed E-state index contributed by atoms with van der Waals surface area (Å²) in [6.45, 7) is 5.02. The van der Waals surface area contributed by atoms with E-state index < -0.39 is 5.82 Å². The summed E-state index contributed by atoms with van der Waals surface area (Å²) < 4.78 is 13.1. The Morgan fingerprint density at radius 1 is 1.44 bits per heavy atom. The van der Waals surface area contributed by atoms with Gasteiger partial charge in [-0.25, -0.2) is 4.39 Å². The van der Waals surface area contributed by atoms with Gasteiger partial charge in [0, 0.05) is 23.0 Å². The second-order valence-corrected chi connectivity index (χ2v) is 5.51. The zero-order chi connectivity index (χ0) is 13.3. The summed E-state index contributed by atoms with van der Waals surface area (Å²) >= 11 is 4.02. The molecule has 0 spiro atoms. The van der Waals surface area contributed by atoms with Gasteiger partial charge in [-0.2, -0.15) is 0 Å². The quantitative estimate of drug-likeness (QED) is 0.773. The maximum Gasteiger partial charge on any atom is 0.254 e. The SMILES string of the molecule is CC1CCCN(C(=O)c2ccc(F)c(S)c2)C1C. The fourth-order valence-corrected chi connectivity index (χ4v) is 2.65. The first-order valence-electron chi connectivity index (χ1n) is 6.30. The molecule has 98 valence electrons. The third kappa shape index (κ3) is 2.53. The minimum absolute atomic E-state index is 0.0237. The van der Waals surface area contributed by atoms with Crippen molar-refractivity contribution >= 4 is 18.5 Å². The second-order valence-electron chi connectivity index (χ2n) is 5.02. The Kier molecular flexibility index (Phi) is 3.95. The number of likely N-dealkylation sites (tertiary alicyclic amines) is 1. The molecular formula is C14H18FNOS. The van der Waals surface area contributed by atoms with Gasteiger partial charge in [-0.15, -0.1) is 12.6 Å². The maximum atomic E-state index is 13.1. The van der Waals surface area contributed by atoms with Crippen LogP contribution in [0.15, 0.2) is 23.1 Å². The van der Waals surface area contributed by atoms with Crippen LogP contribution in [0.1, 0.15) is 37.0 Å². The fourth-order valence-electron chi connectivity index (χ4n) is 2.43. The lowest BCUT2D eigenvalue weighted by Gasteiger charge is -2.38.